The molecule has 2 amide bonds. The SMILES string of the molecule is COc1ccc(COC(=O)NNC(=O)c2scc(C)c2Cl)c(Cl)c1OC. The summed E-state index contributed by atoms with van der Waals surface area (Å²) in [7, 11) is 2.94. The van der Waals surface area contributed by atoms with Crippen LogP contribution in [0.3, 0.4) is 0 Å². The molecule has 140 valence electrons. The quantitative estimate of drug-likeness (QED) is 0.717. The number of carbonyl (C=O) groups excluding carboxylic acids is 2. The first-order chi connectivity index (χ1) is 12.4. The number of ether oxygens (including phenoxy) is 3. The predicted octanol–water partition coefficient (Wildman–Crippen LogP) is 3.95. The van der Waals surface area contributed by atoms with Crippen LogP contribution in [0, 0.1) is 6.92 Å². The monoisotopic (exact) mass is 418 g/mol. The van der Waals surface area contributed by atoms with Crippen molar-refractivity contribution in [3.63, 3.8) is 0 Å². The van der Waals surface area contributed by atoms with Gasteiger partial charge in [-0.05, 0) is 23.9 Å². The fraction of sp³-hybridized carbons (Fsp3) is 0.250. The Bertz CT molecular complexity index is 825. The summed E-state index contributed by atoms with van der Waals surface area (Å²) < 4.78 is 15.3. The average Bonchev–Trinajstić information content (AvgIpc) is 2.97. The maximum atomic E-state index is 12.0. The van der Waals surface area contributed by atoms with Crippen LogP contribution in [-0.4, -0.2) is 26.2 Å². The smallest absolute Gasteiger partial charge is 0.426 e. The summed E-state index contributed by atoms with van der Waals surface area (Å²) in [6.07, 6.45) is -0.853. The Kier molecular flexibility index (Phi) is 6.96. The van der Waals surface area contributed by atoms with E-state index in [0.717, 1.165) is 5.56 Å². The molecule has 2 aromatic rings. The van der Waals surface area contributed by atoms with Gasteiger partial charge in [-0.2, -0.15) is 0 Å². The van der Waals surface area contributed by atoms with E-state index in [1.807, 2.05) is 0 Å². The van der Waals surface area contributed by atoms with Gasteiger partial charge < -0.3 is 14.2 Å². The summed E-state index contributed by atoms with van der Waals surface area (Å²) in [5, 5.41) is 2.36. The second-order valence-corrected chi connectivity index (χ2v) is 6.63. The first-order valence-electron chi connectivity index (χ1n) is 7.25. The fourth-order valence-electron chi connectivity index (χ4n) is 1.97. The van der Waals surface area contributed by atoms with E-state index in [4.69, 9.17) is 37.4 Å². The normalized spacial score (nSPS) is 10.2. The molecule has 0 saturated heterocycles. The van der Waals surface area contributed by atoms with Crippen molar-refractivity contribution in [3.05, 3.63) is 43.6 Å². The molecule has 0 radical (unpaired) electrons. The third kappa shape index (κ3) is 4.51. The van der Waals surface area contributed by atoms with Crippen molar-refractivity contribution in [2.75, 3.05) is 14.2 Å². The number of nitrogens with one attached hydrogen (secondary N) is 2. The van der Waals surface area contributed by atoms with Crippen molar-refractivity contribution in [2.24, 2.45) is 0 Å². The van der Waals surface area contributed by atoms with Crippen LogP contribution in [0.15, 0.2) is 17.5 Å². The van der Waals surface area contributed by atoms with Gasteiger partial charge in [0.15, 0.2) is 11.5 Å². The summed E-state index contributed by atoms with van der Waals surface area (Å²) in [4.78, 5) is 24.0. The van der Waals surface area contributed by atoms with Crippen LogP contribution in [0.4, 0.5) is 4.79 Å². The second kappa shape index (κ2) is 8.98. The van der Waals surface area contributed by atoms with Crippen molar-refractivity contribution in [1.29, 1.82) is 0 Å². The zero-order valence-corrected chi connectivity index (χ0v) is 16.5. The summed E-state index contributed by atoms with van der Waals surface area (Å²) in [6, 6.07) is 3.29. The molecule has 0 atom stereocenters. The van der Waals surface area contributed by atoms with Crippen LogP contribution >= 0.6 is 34.5 Å². The number of aryl methyl sites for hydroxylation is 1. The molecule has 10 heteroatoms. The topological polar surface area (TPSA) is 85.9 Å². The van der Waals surface area contributed by atoms with E-state index in [9.17, 15) is 9.59 Å². The number of benzene rings is 1. The highest BCUT2D eigenvalue weighted by Crippen LogP contribution is 2.37. The molecule has 1 heterocycles. The Morgan fingerprint density at radius 1 is 1.12 bits per heavy atom. The lowest BCUT2D eigenvalue weighted by Gasteiger charge is -2.13. The summed E-state index contributed by atoms with van der Waals surface area (Å²) in [5.74, 6) is 0.266. The van der Waals surface area contributed by atoms with Gasteiger partial charge in [0.1, 0.15) is 11.5 Å². The number of hydrazine groups is 1. The molecule has 7 nitrogen and oxygen atoms in total. The Balaban J connectivity index is 1.91. The van der Waals surface area contributed by atoms with Crippen molar-refractivity contribution in [1.82, 2.24) is 10.9 Å². The molecule has 2 N–H and O–H groups in total. The largest absolute Gasteiger partial charge is 0.493 e. The van der Waals surface area contributed by atoms with Crippen LogP contribution in [0.1, 0.15) is 20.8 Å². The Hall–Kier alpha value is -2.16. The van der Waals surface area contributed by atoms with Crippen LogP contribution in [0.2, 0.25) is 10.0 Å². The molecule has 0 bridgehead atoms. The van der Waals surface area contributed by atoms with Gasteiger partial charge in [-0.3, -0.25) is 10.2 Å². The van der Waals surface area contributed by atoms with Gasteiger partial charge in [0.2, 0.25) is 0 Å². The minimum absolute atomic E-state index is 0.125. The molecule has 0 saturated carbocycles. The molecule has 1 aromatic carbocycles. The van der Waals surface area contributed by atoms with Gasteiger partial charge in [-0.1, -0.05) is 29.3 Å². The maximum Gasteiger partial charge on any atom is 0.426 e. The fourth-order valence-corrected chi connectivity index (χ4v) is 3.43. The highest BCUT2D eigenvalue weighted by atomic mass is 35.5. The molecule has 0 unspecified atom stereocenters. The zero-order valence-electron chi connectivity index (χ0n) is 14.1. The first kappa shape index (κ1) is 20.2. The second-order valence-electron chi connectivity index (χ2n) is 4.99. The summed E-state index contributed by atoms with van der Waals surface area (Å²) >= 11 is 13.4. The Labute approximate surface area is 164 Å². The van der Waals surface area contributed by atoms with E-state index in [1.165, 1.54) is 25.6 Å². The minimum atomic E-state index is -0.853. The van der Waals surface area contributed by atoms with Gasteiger partial charge in [0.05, 0.1) is 24.3 Å². The molecule has 0 aliphatic carbocycles. The number of thiophene rings is 1. The van der Waals surface area contributed by atoms with E-state index in [-0.39, 0.29) is 11.6 Å². The molecule has 0 aliphatic heterocycles. The van der Waals surface area contributed by atoms with Crippen molar-refractivity contribution >= 4 is 46.5 Å². The van der Waals surface area contributed by atoms with Crippen LogP contribution < -0.4 is 20.3 Å². The number of amides is 2. The van der Waals surface area contributed by atoms with Crippen LogP contribution in [0.5, 0.6) is 11.5 Å². The summed E-state index contributed by atoms with van der Waals surface area (Å²) in [6.45, 7) is 1.66. The van der Waals surface area contributed by atoms with E-state index >= 15 is 0 Å². The van der Waals surface area contributed by atoms with Gasteiger partial charge in [-0.25, -0.2) is 10.2 Å². The van der Waals surface area contributed by atoms with Gasteiger partial charge >= 0.3 is 6.09 Å². The third-order valence-corrected chi connectivity index (χ3v) is 5.42. The lowest BCUT2D eigenvalue weighted by Crippen LogP contribution is -2.41. The Morgan fingerprint density at radius 2 is 1.85 bits per heavy atom. The number of hydrogen-bond acceptors (Lipinski definition) is 6. The van der Waals surface area contributed by atoms with Gasteiger partial charge in [0.25, 0.3) is 5.91 Å². The van der Waals surface area contributed by atoms with E-state index < -0.39 is 12.0 Å². The molecule has 2 rings (SSSR count). The molecular formula is C16H16Cl2N2O5S. The molecular weight excluding hydrogens is 403 g/mol. The number of hydrogen-bond donors (Lipinski definition) is 2. The maximum absolute atomic E-state index is 12.0. The van der Waals surface area contributed by atoms with Crippen LogP contribution in [0.25, 0.3) is 0 Å². The number of halogens is 2. The van der Waals surface area contributed by atoms with E-state index in [1.54, 1.807) is 24.4 Å². The minimum Gasteiger partial charge on any atom is -0.493 e. The molecule has 0 aliphatic rings. The van der Waals surface area contributed by atoms with Crippen LogP contribution in [-0.2, 0) is 11.3 Å². The predicted molar refractivity (Wildman–Crippen MR) is 99.4 cm³/mol. The number of methoxy groups -OCH3 is 2. The van der Waals surface area contributed by atoms with Gasteiger partial charge in [0, 0.05) is 5.56 Å². The van der Waals surface area contributed by atoms with E-state index in [0.29, 0.717) is 27.0 Å². The van der Waals surface area contributed by atoms with Crippen molar-refractivity contribution in [3.8, 4) is 11.5 Å². The zero-order chi connectivity index (χ0) is 19.3. The highest BCUT2D eigenvalue weighted by Gasteiger charge is 2.17. The van der Waals surface area contributed by atoms with Crippen molar-refractivity contribution in [2.45, 2.75) is 13.5 Å². The molecule has 0 spiro atoms. The molecule has 0 fully saturated rings. The number of rotatable bonds is 5. The van der Waals surface area contributed by atoms with E-state index in [2.05, 4.69) is 10.9 Å². The standard InChI is InChI=1S/C16H16Cl2N2O5S/c1-8-7-26-14(11(8)17)15(21)19-20-16(22)25-6-9-4-5-10(23-2)13(24-3)12(9)18/h4-5,7H,6H2,1-3H3,(H,19,21)(H,20,22). The van der Waals surface area contributed by atoms with Gasteiger partial charge in [-0.15, -0.1) is 11.3 Å². The molecule has 1 aromatic heterocycles. The Morgan fingerprint density at radius 3 is 2.42 bits per heavy atom. The molecule has 26 heavy (non-hydrogen) atoms. The number of carbonyl (C=O) groups is 2. The average molecular weight is 419 g/mol. The first-order valence-corrected chi connectivity index (χ1v) is 8.88. The third-order valence-electron chi connectivity index (χ3n) is 3.31. The highest BCUT2D eigenvalue weighted by molar-refractivity contribution is 7.13. The lowest BCUT2D eigenvalue weighted by molar-refractivity contribution is 0.0909. The van der Waals surface area contributed by atoms with Crippen molar-refractivity contribution < 1.29 is 23.8 Å². The summed E-state index contributed by atoms with van der Waals surface area (Å²) in [5.41, 5.74) is 5.68. The lowest BCUT2D eigenvalue weighted by atomic mass is 10.2.